The van der Waals surface area contributed by atoms with E-state index in [-0.39, 0.29) is 24.6 Å². The monoisotopic (exact) mass is 590 g/mol. The SMILES string of the molecule is CCOc1cc(/C=C2/C(=N)N3N=C(Cc4ccccc4)SC3=NC2=O)cc(Cl)c1OCCOc1ccccc1OC. The average Bonchev–Trinajstić information content (AvgIpc) is 3.37. The Morgan fingerprint density at radius 3 is 2.46 bits per heavy atom. The van der Waals surface area contributed by atoms with Gasteiger partial charge < -0.3 is 18.9 Å². The number of carbonyl (C=O) groups is 1. The number of halogens is 1. The molecule has 1 N–H and O–H groups in total. The number of hydrazone groups is 1. The highest BCUT2D eigenvalue weighted by Crippen LogP contribution is 2.38. The van der Waals surface area contributed by atoms with Gasteiger partial charge in [0.05, 0.1) is 24.3 Å². The standard InChI is InChI=1S/C30H27ClN4O5S/c1-3-38-25-17-20(16-22(31)27(25)40-14-13-39-24-12-8-7-11-23(24)37-2)15-21-28(32)35-30(33-29(21)36)41-26(34-35)18-19-9-5-4-6-10-19/h4-12,15-17,32H,3,13-14,18H2,1-2H3/b21-15-,32-28?. The molecule has 0 saturated heterocycles. The number of ether oxygens (including phenoxy) is 4. The van der Waals surface area contributed by atoms with Gasteiger partial charge in [0.1, 0.15) is 18.3 Å². The van der Waals surface area contributed by atoms with Gasteiger partial charge in [-0.25, -0.2) is 0 Å². The molecule has 0 aromatic heterocycles. The molecule has 0 unspecified atom stereocenters. The number of amides is 1. The van der Waals surface area contributed by atoms with Crippen molar-refractivity contribution in [3.63, 3.8) is 0 Å². The number of aliphatic imine (C=N–C) groups is 1. The Hall–Kier alpha value is -4.28. The molecule has 9 nitrogen and oxygen atoms in total. The predicted molar refractivity (Wildman–Crippen MR) is 162 cm³/mol. The van der Waals surface area contributed by atoms with E-state index in [1.54, 1.807) is 25.3 Å². The molecule has 1 amide bonds. The van der Waals surface area contributed by atoms with Crippen LogP contribution >= 0.6 is 23.4 Å². The van der Waals surface area contributed by atoms with E-state index >= 15 is 0 Å². The third-order valence-corrected chi connectivity index (χ3v) is 7.18. The van der Waals surface area contributed by atoms with Crippen molar-refractivity contribution in [3.8, 4) is 23.0 Å². The van der Waals surface area contributed by atoms with Gasteiger partial charge in [-0.1, -0.05) is 54.1 Å². The summed E-state index contributed by atoms with van der Waals surface area (Å²) in [6.07, 6.45) is 2.14. The summed E-state index contributed by atoms with van der Waals surface area (Å²) in [6, 6.07) is 20.6. The fourth-order valence-corrected chi connectivity index (χ4v) is 5.34. The number of para-hydroxylation sites is 2. The van der Waals surface area contributed by atoms with Crippen LogP contribution in [0.25, 0.3) is 6.08 Å². The number of methoxy groups -OCH3 is 1. The Morgan fingerprint density at radius 1 is 0.976 bits per heavy atom. The lowest BCUT2D eigenvalue weighted by molar-refractivity contribution is -0.114. The lowest BCUT2D eigenvalue weighted by atomic mass is 10.1. The van der Waals surface area contributed by atoms with E-state index < -0.39 is 5.91 Å². The number of benzene rings is 3. The summed E-state index contributed by atoms with van der Waals surface area (Å²) in [7, 11) is 1.58. The van der Waals surface area contributed by atoms with Gasteiger partial charge in [-0.2, -0.15) is 15.1 Å². The lowest BCUT2D eigenvalue weighted by Gasteiger charge is -2.20. The molecule has 0 radical (unpaired) electrons. The van der Waals surface area contributed by atoms with Gasteiger partial charge in [-0.05, 0) is 60.2 Å². The fraction of sp³-hybridized carbons (Fsp3) is 0.200. The first kappa shape index (κ1) is 28.3. The van der Waals surface area contributed by atoms with Gasteiger partial charge in [0, 0.05) is 6.42 Å². The maximum absolute atomic E-state index is 12.9. The number of rotatable bonds is 11. The second-order valence-electron chi connectivity index (χ2n) is 8.79. The topological polar surface area (TPSA) is 106 Å². The van der Waals surface area contributed by atoms with Crippen LogP contribution in [0.5, 0.6) is 23.0 Å². The third-order valence-electron chi connectivity index (χ3n) is 5.99. The van der Waals surface area contributed by atoms with Gasteiger partial charge in [0.15, 0.2) is 28.8 Å². The van der Waals surface area contributed by atoms with Gasteiger partial charge in [0.25, 0.3) is 5.91 Å². The Labute approximate surface area is 246 Å². The van der Waals surface area contributed by atoms with Gasteiger partial charge in [-0.15, -0.1) is 0 Å². The van der Waals surface area contributed by atoms with Crippen LogP contribution in [0.2, 0.25) is 5.02 Å². The molecular weight excluding hydrogens is 564 g/mol. The first-order valence-electron chi connectivity index (χ1n) is 12.8. The zero-order chi connectivity index (χ0) is 28.8. The molecule has 0 atom stereocenters. The number of thioether (sulfide) groups is 1. The van der Waals surface area contributed by atoms with Crippen LogP contribution in [-0.2, 0) is 11.2 Å². The number of fused-ring (bicyclic) bond motifs is 1. The van der Waals surface area contributed by atoms with Crippen molar-refractivity contribution in [2.75, 3.05) is 26.9 Å². The van der Waals surface area contributed by atoms with Crippen LogP contribution in [0.15, 0.2) is 82.4 Å². The van der Waals surface area contributed by atoms with Crippen LogP contribution in [-0.4, -0.2) is 53.9 Å². The maximum atomic E-state index is 12.9. The highest BCUT2D eigenvalue weighted by Gasteiger charge is 2.35. The average molecular weight is 591 g/mol. The fourth-order valence-electron chi connectivity index (χ4n) is 4.15. The lowest BCUT2D eigenvalue weighted by Crippen LogP contribution is -2.35. The van der Waals surface area contributed by atoms with Crippen LogP contribution in [0.1, 0.15) is 18.1 Å². The number of hydrogen-bond donors (Lipinski definition) is 1. The summed E-state index contributed by atoms with van der Waals surface area (Å²) in [5, 5.41) is 16.0. The smallest absolute Gasteiger partial charge is 0.283 e. The molecule has 210 valence electrons. The number of nitrogens with zero attached hydrogens (tertiary/aromatic N) is 3. The van der Waals surface area contributed by atoms with E-state index in [4.69, 9.17) is 36.0 Å². The third kappa shape index (κ3) is 6.55. The Bertz CT molecular complexity index is 1560. The summed E-state index contributed by atoms with van der Waals surface area (Å²) in [4.78, 5) is 17.1. The van der Waals surface area contributed by atoms with Gasteiger partial charge in [0.2, 0.25) is 5.17 Å². The van der Waals surface area contributed by atoms with Crippen LogP contribution in [0, 0.1) is 5.41 Å². The second-order valence-corrected chi connectivity index (χ2v) is 10.2. The Kier molecular flexibility index (Phi) is 8.91. The molecule has 3 aromatic carbocycles. The normalized spacial score (nSPS) is 15.4. The number of nitrogens with one attached hydrogen (secondary N) is 1. The van der Waals surface area contributed by atoms with E-state index in [1.165, 1.54) is 16.8 Å². The van der Waals surface area contributed by atoms with E-state index in [0.717, 1.165) is 10.6 Å². The van der Waals surface area contributed by atoms with E-state index in [0.29, 0.717) is 51.8 Å². The first-order valence-corrected chi connectivity index (χ1v) is 14.0. The van der Waals surface area contributed by atoms with Crippen molar-refractivity contribution in [3.05, 3.63) is 88.5 Å². The minimum atomic E-state index is -0.521. The molecule has 2 aliphatic rings. The molecule has 0 fully saturated rings. The molecule has 41 heavy (non-hydrogen) atoms. The molecule has 2 heterocycles. The number of hydrogen-bond acceptors (Lipinski definition) is 8. The van der Waals surface area contributed by atoms with Crippen molar-refractivity contribution in [2.45, 2.75) is 13.3 Å². The van der Waals surface area contributed by atoms with E-state index in [1.807, 2.05) is 61.5 Å². The van der Waals surface area contributed by atoms with Crippen molar-refractivity contribution in [2.24, 2.45) is 10.1 Å². The van der Waals surface area contributed by atoms with E-state index in [2.05, 4.69) is 10.1 Å². The Morgan fingerprint density at radius 2 is 1.71 bits per heavy atom. The summed E-state index contributed by atoms with van der Waals surface area (Å²) < 4.78 is 22.8. The maximum Gasteiger partial charge on any atom is 0.283 e. The zero-order valence-corrected chi connectivity index (χ0v) is 24.0. The van der Waals surface area contributed by atoms with Gasteiger partial charge >= 0.3 is 0 Å². The number of amidine groups is 2. The number of carbonyl (C=O) groups excluding carboxylic acids is 1. The molecule has 0 aliphatic carbocycles. The summed E-state index contributed by atoms with van der Waals surface area (Å²) in [5.74, 6) is 1.42. The molecule has 2 aliphatic heterocycles. The van der Waals surface area contributed by atoms with Crippen molar-refractivity contribution < 1.29 is 23.7 Å². The van der Waals surface area contributed by atoms with Crippen molar-refractivity contribution in [1.29, 1.82) is 5.41 Å². The first-order chi connectivity index (χ1) is 20.0. The van der Waals surface area contributed by atoms with Gasteiger partial charge in [-0.3, -0.25) is 10.2 Å². The highest BCUT2D eigenvalue weighted by atomic mass is 35.5. The summed E-state index contributed by atoms with van der Waals surface area (Å²) in [6.45, 7) is 2.67. The van der Waals surface area contributed by atoms with Crippen LogP contribution in [0.4, 0.5) is 0 Å². The molecule has 3 aromatic rings. The van der Waals surface area contributed by atoms with Crippen LogP contribution in [0.3, 0.4) is 0 Å². The largest absolute Gasteiger partial charge is 0.493 e. The Balaban J connectivity index is 1.31. The summed E-state index contributed by atoms with van der Waals surface area (Å²) in [5.41, 5.74) is 1.74. The second kappa shape index (κ2) is 12.9. The minimum Gasteiger partial charge on any atom is -0.493 e. The van der Waals surface area contributed by atoms with Crippen LogP contribution < -0.4 is 18.9 Å². The van der Waals surface area contributed by atoms with E-state index in [9.17, 15) is 4.79 Å². The minimum absolute atomic E-state index is 0.0570. The molecule has 0 spiro atoms. The summed E-state index contributed by atoms with van der Waals surface area (Å²) >= 11 is 7.88. The predicted octanol–water partition coefficient (Wildman–Crippen LogP) is 6.07. The molecule has 0 bridgehead atoms. The molecule has 0 saturated carbocycles. The van der Waals surface area contributed by atoms with Crippen molar-refractivity contribution >= 4 is 51.4 Å². The quantitative estimate of drug-likeness (QED) is 0.213. The van der Waals surface area contributed by atoms with Crippen molar-refractivity contribution in [1.82, 2.24) is 5.01 Å². The molecule has 11 heteroatoms. The zero-order valence-electron chi connectivity index (χ0n) is 22.4. The highest BCUT2D eigenvalue weighted by molar-refractivity contribution is 8.26. The molecular formula is C30H27ClN4O5S. The molecule has 5 rings (SSSR count).